The van der Waals surface area contributed by atoms with Gasteiger partial charge in [-0.1, -0.05) is 18.2 Å². The number of hydrogen-bond donors (Lipinski definition) is 2. The van der Waals surface area contributed by atoms with E-state index in [0.717, 1.165) is 5.56 Å². The highest BCUT2D eigenvalue weighted by molar-refractivity contribution is 6.07. The minimum Gasteiger partial charge on any atom is -0.292 e. The van der Waals surface area contributed by atoms with Gasteiger partial charge >= 0.3 is 6.03 Å². The van der Waals surface area contributed by atoms with Gasteiger partial charge in [-0.2, -0.15) is 0 Å². The number of anilines is 1. The van der Waals surface area contributed by atoms with Crippen molar-refractivity contribution < 1.29 is 9.59 Å². The van der Waals surface area contributed by atoms with E-state index in [4.69, 9.17) is 0 Å². The first-order chi connectivity index (χ1) is 9.15. The Bertz CT molecular complexity index is 597. The van der Waals surface area contributed by atoms with Crippen LogP contribution in [0.3, 0.4) is 0 Å². The molecule has 0 bridgehead atoms. The number of aromatic nitrogens is 1. The summed E-state index contributed by atoms with van der Waals surface area (Å²) in [5.74, 6) is -0.0517. The number of amides is 3. The lowest BCUT2D eigenvalue weighted by atomic mass is 10.2. The predicted octanol–water partition coefficient (Wildman–Crippen LogP) is 2.35. The Morgan fingerprint density at radius 1 is 1.11 bits per heavy atom. The Balaban J connectivity index is 1.97. The quantitative estimate of drug-likeness (QED) is 0.865. The molecule has 96 valence electrons. The summed E-state index contributed by atoms with van der Waals surface area (Å²) >= 11 is 0. The van der Waals surface area contributed by atoms with Crippen molar-refractivity contribution in [3.8, 4) is 0 Å². The van der Waals surface area contributed by atoms with E-state index in [2.05, 4.69) is 15.6 Å². The van der Waals surface area contributed by atoms with E-state index >= 15 is 0 Å². The fourth-order valence-electron chi connectivity index (χ4n) is 1.52. The summed E-state index contributed by atoms with van der Waals surface area (Å²) in [7, 11) is 0. The lowest BCUT2D eigenvalue weighted by Crippen LogP contribution is -2.34. The molecule has 0 aliphatic carbocycles. The number of carbonyl (C=O) groups excluding carboxylic acids is 2. The maximum absolute atomic E-state index is 11.7. The van der Waals surface area contributed by atoms with Gasteiger partial charge in [0.25, 0.3) is 5.91 Å². The molecule has 0 spiro atoms. The van der Waals surface area contributed by atoms with Crippen molar-refractivity contribution in [1.82, 2.24) is 10.3 Å². The summed E-state index contributed by atoms with van der Waals surface area (Å²) in [6, 6.07) is 11.5. The van der Waals surface area contributed by atoms with Gasteiger partial charge in [-0.3, -0.25) is 15.4 Å². The molecule has 0 saturated carbocycles. The maximum Gasteiger partial charge on any atom is 0.327 e. The Labute approximate surface area is 110 Å². The lowest BCUT2D eigenvalue weighted by Gasteiger charge is -2.06. The zero-order valence-electron chi connectivity index (χ0n) is 10.4. The molecule has 0 unspecified atom stereocenters. The highest BCUT2D eigenvalue weighted by Gasteiger charge is 2.09. The molecule has 1 heterocycles. The van der Waals surface area contributed by atoms with Gasteiger partial charge in [0.1, 0.15) is 5.82 Å². The number of aryl methyl sites for hydroxylation is 1. The van der Waals surface area contributed by atoms with Crippen LogP contribution in [0, 0.1) is 6.92 Å². The van der Waals surface area contributed by atoms with Gasteiger partial charge < -0.3 is 0 Å². The molecule has 2 aromatic rings. The molecule has 2 N–H and O–H groups in total. The third kappa shape index (κ3) is 3.64. The molecular formula is C14H13N3O2. The Hall–Kier alpha value is -2.69. The summed E-state index contributed by atoms with van der Waals surface area (Å²) in [6.45, 7) is 1.89. The summed E-state index contributed by atoms with van der Waals surface area (Å²) < 4.78 is 0. The third-order valence-corrected chi connectivity index (χ3v) is 2.42. The molecule has 0 atom stereocenters. The molecular weight excluding hydrogens is 242 g/mol. The Kier molecular flexibility index (Phi) is 3.87. The van der Waals surface area contributed by atoms with Crippen LogP contribution in [0.5, 0.6) is 0 Å². The molecule has 5 nitrogen and oxygen atoms in total. The second-order valence-corrected chi connectivity index (χ2v) is 3.99. The minimum absolute atomic E-state index is 0.401. The average molecular weight is 255 g/mol. The molecule has 0 aliphatic rings. The lowest BCUT2D eigenvalue weighted by molar-refractivity contribution is 0.0967. The monoisotopic (exact) mass is 255 g/mol. The van der Waals surface area contributed by atoms with Gasteiger partial charge in [0.2, 0.25) is 0 Å². The van der Waals surface area contributed by atoms with Crippen LogP contribution in [0.15, 0.2) is 48.7 Å². The molecule has 1 aromatic carbocycles. The normalized spacial score (nSPS) is 9.74. The Morgan fingerprint density at radius 3 is 2.53 bits per heavy atom. The fraction of sp³-hybridized carbons (Fsp3) is 0.0714. The number of hydrogen-bond acceptors (Lipinski definition) is 3. The standard InChI is InChI=1S/C14H13N3O2/c1-10-7-8-15-12(9-10)16-14(19)17-13(18)11-5-3-2-4-6-11/h2-9H,1H3,(H2,15,16,17,18,19). The second kappa shape index (κ2) is 5.77. The summed E-state index contributed by atoms with van der Waals surface area (Å²) in [5.41, 5.74) is 1.40. The smallest absolute Gasteiger partial charge is 0.292 e. The zero-order valence-corrected chi connectivity index (χ0v) is 10.4. The predicted molar refractivity (Wildman–Crippen MR) is 71.9 cm³/mol. The highest BCUT2D eigenvalue weighted by Crippen LogP contribution is 2.05. The van der Waals surface area contributed by atoms with Crippen LogP contribution < -0.4 is 10.6 Å². The van der Waals surface area contributed by atoms with E-state index < -0.39 is 11.9 Å². The van der Waals surface area contributed by atoms with Gasteiger partial charge in [0, 0.05) is 11.8 Å². The number of nitrogens with one attached hydrogen (secondary N) is 2. The van der Waals surface area contributed by atoms with Crippen LogP contribution >= 0.6 is 0 Å². The molecule has 0 radical (unpaired) electrons. The number of benzene rings is 1. The Morgan fingerprint density at radius 2 is 1.84 bits per heavy atom. The largest absolute Gasteiger partial charge is 0.327 e. The molecule has 19 heavy (non-hydrogen) atoms. The number of urea groups is 1. The number of carbonyl (C=O) groups is 2. The molecule has 5 heteroatoms. The van der Waals surface area contributed by atoms with Gasteiger partial charge in [0.05, 0.1) is 0 Å². The van der Waals surface area contributed by atoms with E-state index in [9.17, 15) is 9.59 Å². The van der Waals surface area contributed by atoms with Crippen LogP contribution in [0.25, 0.3) is 0 Å². The summed E-state index contributed by atoms with van der Waals surface area (Å²) in [5, 5.41) is 4.74. The van der Waals surface area contributed by atoms with Crippen molar-refractivity contribution in [3.05, 3.63) is 59.8 Å². The van der Waals surface area contributed by atoms with Gasteiger partial charge in [-0.25, -0.2) is 9.78 Å². The number of nitrogens with zero attached hydrogens (tertiary/aromatic N) is 1. The van der Waals surface area contributed by atoms with Gasteiger partial charge in [0.15, 0.2) is 0 Å². The molecule has 0 aliphatic heterocycles. The first-order valence-electron chi connectivity index (χ1n) is 5.75. The maximum atomic E-state index is 11.7. The van der Waals surface area contributed by atoms with Crippen LogP contribution in [0.1, 0.15) is 15.9 Å². The molecule has 2 rings (SSSR count). The van der Waals surface area contributed by atoms with Crippen LogP contribution in [-0.4, -0.2) is 16.9 Å². The van der Waals surface area contributed by atoms with Crippen molar-refractivity contribution in [2.45, 2.75) is 6.92 Å². The second-order valence-electron chi connectivity index (χ2n) is 3.99. The topological polar surface area (TPSA) is 71.1 Å². The van der Waals surface area contributed by atoms with Crippen molar-refractivity contribution in [3.63, 3.8) is 0 Å². The first kappa shape index (κ1) is 12.8. The van der Waals surface area contributed by atoms with Crippen LogP contribution in [0.4, 0.5) is 10.6 Å². The molecule has 3 amide bonds. The van der Waals surface area contributed by atoms with Crippen molar-refractivity contribution in [2.75, 3.05) is 5.32 Å². The van der Waals surface area contributed by atoms with E-state index in [-0.39, 0.29) is 0 Å². The van der Waals surface area contributed by atoms with Gasteiger partial charge in [-0.05, 0) is 36.8 Å². The highest BCUT2D eigenvalue weighted by atomic mass is 16.2. The summed E-state index contributed by atoms with van der Waals surface area (Å²) in [6.07, 6.45) is 1.59. The van der Waals surface area contributed by atoms with Crippen molar-refractivity contribution >= 4 is 17.8 Å². The van der Waals surface area contributed by atoms with Gasteiger partial charge in [-0.15, -0.1) is 0 Å². The first-order valence-corrected chi connectivity index (χ1v) is 5.75. The van der Waals surface area contributed by atoms with E-state index in [1.54, 1.807) is 42.6 Å². The van der Waals surface area contributed by atoms with Crippen molar-refractivity contribution in [1.29, 1.82) is 0 Å². The van der Waals surface area contributed by atoms with E-state index in [1.165, 1.54) is 0 Å². The van der Waals surface area contributed by atoms with E-state index in [0.29, 0.717) is 11.4 Å². The average Bonchev–Trinajstić information content (AvgIpc) is 2.39. The minimum atomic E-state index is -0.605. The molecule has 0 fully saturated rings. The molecule has 1 aromatic heterocycles. The fourth-order valence-corrected chi connectivity index (χ4v) is 1.52. The van der Waals surface area contributed by atoms with E-state index in [1.807, 2.05) is 13.0 Å². The summed E-state index contributed by atoms with van der Waals surface area (Å²) in [4.78, 5) is 27.3. The van der Waals surface area contributed by atoms with Crippen LogP contribution in [0.2, 0.25) is 0 Å². The number of rotatable bonds is 2. The van der Waals surface area contributed by atoms with Crippen LogP contribution in [-0.2, 0) is 0 Å². The number of pyridine rings is 1. The molecule has 0 saturated heterocycles. The third-order valence-electron chi connectivity index (χ3n) is 2.42. The SMILES string of the molecule is Cc1ccnc(NC(=O)NC(=O)c2ccccc2)c1. The van der Waals surface area contributed by atoms with Crippen molar-refractivity contribution in [2.24, 2.45) is 0 Å². The number of imide groups is 1. The zero-order chi connectivity index (χ0) is 13.7.